The van der Waals surface area contributed by atoms with Gasteiger partial charge in [0.15, 0.2) is 0 Å². The number of unbranched alkanes of at least 4 members (excludes halogenated alkanes) is 1. The molecule has 0 heterocycles. The Morgan fingerprint density at radius 3 is 2.54 bits per heavy atom. The van der Waals surface area contributed by atoms with Gasteiger partial charge in [-0.05, 0) is 41.8 Å². The largest absolute Gasteiger partial charge is 0.497 e. The highest BCUT2D eigenvalue weighted by atomic mass is 17.0. The molecule has 0 spiro atoms. The number of rotatable bonds is 9. The zero-order chi connectivity index (χ0) is 19.1. The first-order chi connectivity index (χ1) is 12.4. The summed E-state index contributed by atoms with van der Waals surface area (Å²) in [5, 5.41) is 11.6. The van der Waals surface area contributed by atoms with Crippen LogP contribution in [-0.2, 0) is 14.4 Å². The fraction of sp³-hybridized carbons (Fsp3) is 0.421. The van der Waals surface area contributed by atoms with E-state index in [2.05, 4.69) is 4.84 Å². The van der Waals surface area contributed by atoms with E-state index in [9.17, 15) is 14.9 Å². The molecule has 0 bridgehead atoms. The summed E-state index contributed by atoms with van der Waals surface area (Å²) < 4.78 is 10.4. The van der Waals surface area contributed by atoms with Crippen LogP contribution >= 0.6 is 0 Å². The average Bonchev–Trinajstić information content (AvgIpc) is 2.64. The van der Waals surface area contributed by atoms with Gasteiger partial charge in [-0.2, -0.15) is 0 Å². The predicted octanol–water partition coefficient (Wildman–Crippen LogP) is 4.22. The molecule has 0 aromatic heterocycles. The van der Waals surface area contributed by atoms with Gasteiger partial charge in [-0.25, -0.2) is 0 Å². The molecular formula is C19H23NO6. The second-order valence-electron chi connectivity index (χ2n) is 6.03. The Balaban J connectivity index is 2.12. The van der Waals surface area contributed by atoms with Crippen molar-refractivity contribution in [1.82, 2.24) is 0 Å². The molecule has 26 heavy (non-hydrogen) atoms. The number of hydrogen-bond acceptors (Lipinski definition) is 6. The van der Waals surface area contributed by atoms with Crippen LogP contribution in [-0.4, -0.2) is 24.5 Å². The summed E-state index contributed by atoms with van der Waals surface area (Å²) in [6, 6.07) is 11.3. The van der Waals surface area contributed by atoms with Crippen molar-refractivity contribution < 1.29 is 24.2 Å². The molecule has 0 fully saturated rings. The van der Waals surface area contributed by atoms with Crippen molar-refractivity contribution in [3.05, 3.63) is 52.1 Å². The molecule has 0 aliphatic rings. The van der Waals surface area contributed by atoms with Gasteiger partial charge in [-0.15, -0.1) is 10.1 Å². The number of fused-ring (bicyclic) bond motifs is 1. The maximum Gasteiger partial charge on any atom is 0.315 e. The normalized spacial score (nSPS) is 13.0. The molecule has 0 saturated heterocycles. The topological polar surface area (TPSA) is 87.9 Å². The van der Waals surface area contributed by atoms with E-state index in [0.717, 1.165) is 28.5 Å². The summed E-state index contributed by atoms with van der Waals surface area (Å²) in [6.45, 7) is 3.65. The highest BCUT2D eigenvalue weighted by molar-refractivity contribution is 5.86. The molecule has 140 valence electrons. The van der Waals surface area contributed by atoms with E-state index >= 15 is 0 Å². The zero-order valence-corrected chi connectivity index (χ0v) is 15.1. The molecule has 0 N–H and O–H groups in total. The summed E-state index contributed by atoms with van der Waals surface area (Å²) >= 11 is 0. The Morgan fingerprint density at radius 2 is 1.88 bits per heavy atom. The average molecular weight is 361 g/mol. The Hall–Kier alpha value is -2.83. The number of methoxy groups -OCH3 is 1. The van der Waals surface area contributed by atoms with E-state index in [1.807, 2.05) is 43.3 Å². The van der Waals surface area contributed by atoms with Crippen molar-refractivity contribution in [1.29, 1.82) is 0 Å². The Labute approximate surface area is 152 Å². The van der Waals surface area contributed by atoms with Crippen LogP contribution in [0, 0.1) is 10.1 Å². The van der Waals surface area contributed by atoms with Gasteiger partial charge in [0.25, 0.3) is 5.09 Å². The first-order valence-electron chi connectivity index (χ1n) is 8.54. The number of carbonyl (C=O) groups is 1. The molecular weight excluding hydrogens is 338 g/mol. The van der Waals surface area contributed by atoms with Crippen molar-refractivity contribution in [2.45, 2.75) is 45.3 Å². The summed E-state index contributed by atoms with van der Waals surface area (Å²) in [5.74, 6) is -0.366. The minimum absolute atomic E-state index is 0.285. The molecule has 0 aliphatic heterocycles. The number of ether oxygens (including phenoxy) is 2. The van der Waals surface area contributed by atoms with Crippen LogP contribution in [0.2, 0.25) is 0 Å². The molecule has 2 rings (SSSR count). The van der Waals surface area contributed by atoms with Gasteiger partial charge in [-0.3, -0.25) is 9.63 Å². The number of hydrogen-bond donors (Lipinski definition) is 0. The van der Waals surface area contributed by atoms with Gasteiger partial charge in [0.05, 0.1) is 13.0 Å². The second-order valence-corrected chi connectivity index (χ2v) is 6.03. The summed E-state index contributed by atoms with van der Waals surface area (Å²) in [4.78, 5) is 27.4. The molecule has 1 unspecified atom stereocenters. The Kier molecular flexibility index (Phi) is 6.77. The number of benzene rings is 2. The fourth-order valence-electron chi connectivity index (χ4n) is 2.61. The first kappa shape index (κ1) is 19.5. The molecule has 7 heteroatoms. The lowest BCUT2D eigenvalue weighted by atomic mass is 9.98. The minimum atomic E-state index is -1.18. The van der Waals surface area contributed by atoms with Crippen LogP contribution < -0.4 is 4.74 Å². The van der Waals surface area contributed by atoms with Crippen LogP contribution in [0.15, 0.2) is 36.4 Å². The third kappa shape index (κ3) is 5.08. The maximum absolute atomic E-state index is 12.4. The summed E-state index contributed by atoms with van der Waals surface area (Å²) in [7, 11) is 1.61. The van der Waals surface area contributed by atoms with Gasteiger partial charge in [-0.1, -0.05) is 37.6 Å². The standard InChI is InChI=1S/C19H23NO6/c1-4-5-6-18(26-20(22)23)25-19(21)13(2)14-7-8-16-12-17(24-3)10-9-15(16)11-14/h7-13,18H,4-6H2,1-3H3/t13-,18?/m0/s1. The van der Waals surface area contributed by atoms with Crippen molar-refractivity contribution in [2.24, 2.45) is 0 Å². The van der Waals surface area contributed by atoms with Crippen LogP contribution in [0.1, 0.15) is 44.6 Å². The highest BCUT2D eigenvalue weighted by Crippen LogP contribution is 2.26. The van der Waals surface area contributed by atoms with E-state index in [1.165, 1.54) is 0 Å². The second kappa shape index (κ2) is 9.03. The van der Waals surface area contributed by atoms with Gasteiger partial charge >= 0.3 is 5.97 Å². The molecule has 2 aromatic carbocycles. The molecule has 2 atom stereocenters. The lowest BCUT2D eigenvalue weighted by molar-refractivity contribution is -0.779. The lowest BCUT2D eigenvalue weighted by Gasteiger charge is -2.18. The zero-order valence-electron chi connectivity index (χ0n) is 15.1. The Bertz CT molecular complexity index is 776. The van der Waals surface area contributed by atoms with Crippen LogP contribution in [0.5, 0.6) is 5.75 Å². The van der Waals surface area contributed by atoms with Gasteiger partial charge in [0, 0.05) is 6.42 Å². The first-order valence-corrected chi connectivity index (χ1v) is 8.54. The lowest BCUT2D eigenvalue weighted by Crippen LogP contribution is -2.26. The number of carbonyl (C=O) groups excluding carboxylic acids is 1. The molecule has 2 aromatic rings. The van der Waals surface area contributed by atoms with Crippen molar-refractivity contribution in [3.8, 4) is 5.75 Å². The molecule has 0 aliphatic carbocycles. The quantitative estimate of drug-likeness (QED) is 0.288. The van der Waals surface area contributed by atoms with Crippen LogP contribution in [0.4, 0.5) is 0 Å². The van der Waals surface area contributed by atoms with Crippen LogP contribution in [0.25, 0.3) is 10.8 Å². The number of esters is 1. The SMILES string of the molecule is CCCCC(OC(=O)[C@@H](C)c1ccc2cc(OC)ccc2c1)O[N+](=O)[O-]. The molecule has 0 saturated carbocycles. The third-order valence-corrected chi connectivity index (χ3v) is 4.17. The fourth-order valence-corrected chi connectivity index (χ4v) is 2.61. The van der Waals surface area contributed by atoms with Crippen molar-refractivity contribution >= 4 is 16.7 Å². The predicted molar refractivity (Wildman–Crippen MR) is 96.4 cm³/mol. The van der Waals surface area contributed by atoms with Crippen molar-refractivity contribution in [2.75, 3.05) is 7.11 Å². The van der Waals surface area contributed by atoms with Crippen molar-refractivity contribution in [3.63, 3.8) is 0 Å². The smallest absolute Gasteiger partial charge is 0.315 e. The van der Waals surface area contributed by atoms with Gasteiger partial charge in [0.2, 0.25) is 6.29 Å². The highest BCUT2D eigenvalue weighted by Gasteiger charge is 2.23. The van der Waals surface area contributed by atoms with Gasteiger partial charge in [0.1, 0.15) is 5.75 Å². The van der Waals surface area contributed by atoms with E-state index < -0.39 is 23.3 Å². The third-order valence-electron chi connectivity index (χ3n) is 4.17. The van der Waals surface area contributed by atoms with Crippen LogP contribution in [0.3, 0.4) is 0 Å². The molecule has 0 amide bonds. The van der Waals surface area contributed by atoms with E-state index in [4.69, 9.17) is 9.47 Å². The summed E-state index contributed by atoms with van der Waals surface area (Å²) in [5.41, 5.74) is 0.767. The van der Waals surface area contributed by atoms with E-state index in [-0.39, 0.29) is 6.42 Å². The molecule has 0 radical (unpaired) electrons. The molecule has 7 nitrogen and oxygen atoms in total. The Morgan fingerprint density at radius 1 is 1.19 bits per heavy atom. The van der Waals surface area contributed by atoms with E-state index in [0.29, 0.717) is 6.42 Å². The number of nitrogens with zero attached hydrogens (tertiary/aromatic N) is 1. The summed E-state index contributed by atoms with van der Waals surface area (Å²) in [6.07, 6.45) is 0.592. The van der Waals surface area contributed by atoms with E-state index in [1.54, 1.807) is 14.0 Å². The monoisotopic (exact) mass is 361 g/mol. The maximum atomic E-state index is 12.4. The minimum Gasteiger partial charge on any atom is -0.497 e. The van der Waals surface area contributed by atoms with Gasteiger partial charge < -0.3 is 9.47 Å².